The van der Waals surface area contributed by atoms with Crippen molar-refractivity contribution in [1.82, 2.24) is 0 Å². The van der Waals surface area contributed by atoms with Gasteiger partial charge >= 0.3 is 17.1 Å². The molecule has 125 valence electrons. The molecule has 2 nitrogen and oxygen atoms in total. The van der Waals surface area contributed by atoms with Crippen molar-refractivity contribution in [2.45, 2.75) is 39.5 Å². The van der Waals surface area contributed by atoms with E-state index in [0.29, 0.717) is 12.8 Å². The normalized spacial score (nSPS) is 9.13. The van der Waals surface area contributed by atoms with Crippen LogP contribution in [0.25, 0.3) is 0 Å². The van der Waals surface area contributed by atoms with Crippen LogP contribution in [0.15, 0.2) is 60.7 Å². The fourth-order valence-electron chi connectivity index (χ4n) is 1.93. The van der Waals surface area contributed by atoms with Gasteiger partial charge in [-0.1, -0.05) is 60.7 Å². The summed E-state index contributed by atoms with van der Waals surface area (Å²) in [4.78, 5) is 21.2. The van der Waals surface area contributed by atoms with Gasteiger partial charge in [0.15, 0.2) is 0 Å². The first-order valence-electron chi connectivity index (χ1n) is 7.64. The quantitative estimate of drug-likeness (QED) is 0.716. The van der Waals surface area contributed by atoms with Crippen molar-refractivity contribution in [3.05, 3.63) is 71.8 Å². The summed E-state index contributed by atoms with van der Waals surface area (Å²) >= 11 is 0. The molecule has 0 saturated carbocycles. The Kier molecular flexibility index (Phi) is 11.9. The maximum atomic E-state index is 10.6. The molecule has 0 aliphatic rings. The third kappa shape index (κ3) is 11.5. The second kappa shape index (κ2) is 12.8. The maximum Gasteiger partial charge on any atom is 2.00 e. The van der Waals surface area contributed by atoms with Crippen LogP contribution >= 0.6 is 0 Å². The van der Waals surface area contributed by atoms with Gasteiger partial charge in [0.2, 0.25) is 0 Å². The van der Waals surface area contributed by atoms with Crippen molar-refractivity contribution in [2.24, 2.45) is 0 Å². The number of benzene rings is 2. The van der Waals surface area contributed by atoms with E-state index in [4.69, 9.17) is 0 Å². The van der Waals surface area contributed by atoms with Crippen LogP contribution in [0.2, 0.25) is 0 Å². The molecule has 0 aromatic heterocycles. The molecule has 0 N–H and O–H groups in total. The van der Waals surface area contributed by atoms with Crippen molar-refractivity contribution in [1.29, 1.82) is 0 Å². The fraction of sp³-hybridized carbons (Fsp3) is 0.300. The molecule has 23 heavy (non-hydrogen) atoms. The fourth-order valence-corrected chi connectivity index (χ4v) is 1.93. The number of aryl methyl sites for hydroxylation is 2. The Hall–Kier alpha value is -1.70. The molecular formula is C20H24CuO2+2. The molecular weight excluding hydrogens is 336 g/mol. The van der Waals surface area contributed by atoms with Gasteiger partial charge < -0.3 is 9.59 Å². The van der Waals surface area contributed by atoms with Crippen LogP contribution in [0.3, 0.4) is 0 Å². The van der Waals surface area contributed by atoms with E-state index in [1.54, 1.807) is 13.8 Å². The monoisotopic (exact) mass is 359 g/mol. The predicted octanol–water partition coefficient (Wildman–Crippen LogP) is 4.41. The van der Waals surface area contributed by atoms with Crippen LogP contribution < -0.4 is 0 Å². The first-order chi connectivity index (χ1) is 10.6. The molecule has 3 heteroatoms. The molecule has 2 rings (SSSR count). The Morgan fingerprint density at radius 2 is 0.957 bits per heavy atom. The van der Waals surface area contributed by atoms with Gasteiger partial charge in [-0.25, -0.2) is 0 Å². The summed E-state index contributed by atoms with van der Waals surface area (Å²) in [5.74, 6) is 0.516. The largest absolute Gasteiger partial charge is 2.00 e. The first kappa shape index (κ1) is 21.3. The standard InChI is InChI=1S/2C10H12O.Cu/c2*1-9(11)7-8-10-5-3-2-4-6-10;/h2*2-6H,7-8H2,1H3;/q;;+2. The van der Waals surface area contributed by atoms with Gasteiger partial charge in [0.1, 0.15) is 11.6 Å². The third-order valence-electron chi connectivity index (χ3n) is 3.22. The Balaban J connectivity index is 0.000000403. The number of carbonyl (C=O) groups excluding carboxylic acids is 2. The smallest absolute Gasteiger partial charge is 0.300 e. The summed E-state index contributed by atoms with van der Waals surface area (Å²) in [6.07, 6.45) is 3.06. The van der Waals surface area contributed by atoms with Gasteiger partial charge in [0, 0.05) is 12.8 Å². The van der Waals surface area contributed by atoms with Crippen LogP contribution in [0, 0.1) is 0 Å². The van der Waals surface area contributed by atoms with Crippen molar-refractivity contribution >= 4 is 11.6 Å². The summed E-state index contributed by atoms with van der Waals surface area (Å²) in [5, 5.41) is 0. The van der Waals surface area contributed by atoms with E-state index in [1.807, 2.05) is 60.7 Å². The number of rotatable bonds is 6. The molecule has 0 aliphatic carbocycles. The molecule has 0 fully saturated rings. The average molecular weight is 360 g/mol. The molecule has 0 atom stereocenters. The third-order valence-corrected chi connectivity index (χ3v) is 3.22. The molecule has 0 saturated heterocycles. The molecule has 0 amide bonds. The van der Waals surface area contributed by atoms with E-state index >= 15 is 0 Å². The van der Waals surface area contributed by atoms with E-state index in [2.05, 4.69) is 0 Å². The summed E-state index contributed by atoms with van der Waals surface area (Å²) in [6.45, 7) is 3.26. The molecule has 0 unspecified atom stereocenters. The van der Waals surface area contributed by atoms with Gasteiger partial charge in [-0.3, -0.25) is 0 Å². The Labute approximate surface area is 149 Å². The molecule has 2 aromatic rings. The maximum absolute atomic E-state index is 10.6. The predicted molar refractivity (Wildman–Crippen MR) is 90.9 cm³/mol. The minimum Gasteiger partial charge on any atom is -0.300 e. The van der Waals surface area contributed by atoms with E-state index < -0.39 is 0 Å². The van der Waals surface area contributed by atoms with Gasteiger partial charge in [-0.05, 0) is 37.8 Å². The zero-order valence-corrected chi connectivity index (χ0v) is 14.7. The molecule has 0 spiro atoms. The van der Waals surface area contributed by atoms with Crippen molar-refractivity contribution in [3.63, 3.8) is 0 Å². The topological polar surface area (TPSA) is 34.1 Å². The van der Waals surface area contributed by atoms with Gasteiger partial charge in [0.25, 0.3) is 0 Å². The minimum atomic E-state index is 0. The van der Waals surface area contributed by atoms with Crippen LogP contribution in [0.4, 0.5) is 0 Å². The Morgan fingerprint density at radius 3 is 1.22 bits per heavy atom. The van der Waals surface area contributed by atoms with Crippen LogP contribution in [-0.2, 0) is 39.5 Å². The van der Waals surface area contributed by atoms with E-state index in [-0.39, 0.29) is 28.6 Å². The summed E-state index contributed by atoms with van der Waals surface area (Å²) in [5.41, 5.74) is 2.48. The van der Waals surface area contributed by atoms with Crippen molar-refractivity contribution in [3.8, 4) is 0 Å². The second-order valence-electron chi connectivity index (χ2n) is 5.38. The van der Waals surface area contributed by atoms with Crippen molar-refractivity contribution in [2.75, 3.05) is 0 Å². The Morgan fingerprint density at radius 1 is 0.652 bits per heavy atom. The number of Topliss-reactive ketones (excluding diaryl/α,β-unsaturated/α-hetero) is 2. The number of hydrogen-bond acceptors (Lipinski definition) is 2. The summed E-state index contributed by atoms with van der Waals surface area (Å²) in [7, 11) is 0. The molecule has 1 radical (unpaired) electrons. The summed E-state index contributed by atoms with van der Waals surface area (Å²) in [6, 6.07) is 20.1. The zero-order valence-electron chi connectivity index (χ0n) is 13.7. The van der Waals surface area contributed by atoms with Crippen LogP contribution in [-0.4, -0.2) is 11.6 Å². The van der Waals surface area contributed by atoms with E-state index in [9.17, 15) is 9.59 Å². The number of ketones is 2. The van der Waals surface area contributed by atoms with Gasteiger partial charge in [-0.15, -0.1) is 0 Å². The molecule has 0 aliphatic heterocycles. The SMILES string of the molecule is CC(=O)CCc1ccccc1.CC(=O)CCc1ccccc1.[Cu+2]. The molecule has 0 heterocycles. The van der Waals surface area contributed by atoms with Crippen molar-refractivity contribution < 1.29 is 26.7 Å². The number of carbonyl (C=O) groups is 2. The molecule has 2 aromatic carbocycles. The van der Waals surface area contributed by atoms with E-state index in [1.165, 1.54) is 11.1 Å². The van der Waals surface area contributed by atoms with Crippen LogP contribution in [0.1, 0.15) is 37.8 Å². The summed E-state index contributed by atoms with van der Waals surface area (Å²) < 4.78 is 0. The van der Waals surface area contributed by atoms with Gasteiger partial charge in [-0.2, -0.15) is 0 Å². The second-order valence-corrected chi connectivity index (χ2v) is 5.38. The average Bonchev–Trinajstić information content (AvgIpc) is 2.53. The Bertz CT molecular complexity index is 511. The molecule has 0 bridgehead atoms. The zero-order chi connectivity index (χ0) is 16.2. The van der Waals surface area contributed by atoms with Crippen LogP contribution in [0.5, 0.6) is 0 Å². The minimum absolute atomic E-state index is 0. The van der Waals surface area contributed by atoms with E-state index in [0.717, 1.165) is 12.8 Å². The van der Waals surface area contributed by atoms with Gasteiger partial charge in [0.05, 0.1) is 0 Å². The number of hydrogen-bond donors (Lipinski definition) is 0. The first-order valence-corrected chi connectivity index (χ1v) is 7.64.